The number of para-hydroxylation sites is 1. The monoisotopic (exact) mass is 701 g/mol. The molecule has 0 saturated carbocycles. The van der Waals surface area contributed by atoms with E-state index in [1.807, 2.05) is 6.07 Å². The van der Waals surface area contributed by atoms with Gasteiger partial charge in [-0.15, -0.1) is 0 Å². The van der Waals surface area contributed by atoms with Crippen LogP contribution in [0, 0.1) is 0 Å². The third kappa shape index (κ3) is 5.53. The van der Waals surface area contributed by atoms with E-state index in [-0.39, 0.29) is 35.9 Å². The molecule has 0 amide bonds. The van der Waals surface area contributed by atoms with E-state index in [1.54, 1.807) is 56.1 Å². The molecule has 3 aliphatic rings. The molecule has 1 aromatic carbocycles. The number of aromatic nitrogens is 3. The number of rotatable bonds is 6. The second-order valence-electron chi connectivity index (χ2n) is 12.9. The Bertz CT molecular complexity index is 1790. The lowest BCUT2D eigenvalue weighted by atomic mass is 9.90. The van der Waals surface area contributed by atoms with Gasteiger partial charge in [-0.2, -0.15) is 0 Å². The normalized spacial score (nSPS) is 23.0. The van der Waals surface area contributed by atoms with Gasteiger partial charge in [0.25, 0.3) is 6.43 Å². The van der Waals surface area contributed by atoms with Crippen molar-refractivity contribution in [3.05, 3.63) is 46.8 Å². The minimum atomic E-state index is -2.94. The molecule has 6 heterocycles. The number of halogens is 3. The van der Waals surface area contributed by atoms with E-state index in [2.05, 4.69) is 42.7 Å². The van der Waals surface area contributed by atoms with Gasteiger partial charge in [0.1, 0.15) is 40.1 Å². The molecule has 0 aliphatic carbocycles. The van der Waals surface area contributed by atoms with Crippen molar-refractivity contribution in [3.8, 4) is 5.88 Å². The maximum absolute atomic E-state index is 14.2. The minimum absolute atomic E-state index is 0.0156. The number of furan rings is 1. The van der Waals surface area contributed by atoms with Gasteiger partial charge in [0.05, 0.1) is 32.4 Å². The minimum Gasteiger partial charge on any atom is -0.471 e. The molecule has 4 aromatic rings. The Morgan fingerprint density at radius 2 is 1.96 bits per heavy atom. The van der Waals surface area contributed by atoms with Gasteiger partial charge in [-0.3, -0.25) is 0 Å². The number of benzene rings is 1. The summed E-state index contributed by atoms with van der Waals surface area (Å²) in [4.78, 5) is 30.5. The number of morpholine rings is 1. The molecule has 3 aromatic heterocycles. The van der Waals surface area contributed by atoms with E-state index < -0.39 is 41.6 Å². The van der Waals surface area contributed by atoms with Gasteiger partial charge in [-0.05, 0) is 61.8 Å². The van der Waals surface area contributed by atoms with Crippen LogP contribution < -0.4 is 14.5 Å². The van der Waals surface area contributed by atoms with Crippen LogP contribution in [0.4, 0.5) is 20.3 Å². The topological polar surface area (TPSA) is 112 Å². The number of esters is 1. The molecule has 3 fully saturated rings. The van der Waals surface area contributed by atoms with Gasteiger partial charge in [-0.25, -0.2) is 28.5 Å². The number of anilines is 2. The number of carbonyl (C=O) groups excluding carboxylic acids is 1. The van der Waals surface area contributed by atoms with Crippen molar-refractivity contribution < 1.29 is 36.9 Å². The molecule has 7 rings (SSSR count). The largest absolute Gasteiger partial charge is 0.471 e. The molecule has 3 aliphatic heterocycles. The molecule has 0 N–H and O–H groups in total. The van der Waals surface area contributed by atoms with Gasteiger partial charge >= 0.3 is 5.97 Å². The summed E-state index contributed by atoms with van der Waals surface area (Å²) >= 11 is 3.55. The zero-order chi connectivity index (χ0) is 32.4. The third-order valence-corrected chi connectivity index (χ3v) is 9.09. The average molecular weight is 703 g/mol. The second-order valence-corrected chi connectivity index (χ2v) is 13.8. The Hall–Kier alpha value is -3.62. The molecule has 3 atom stereocenters. The highest BCUT2D eigenvalue weighted by atomic mass is 79.9. The first kappa shape index (κ1) is 31.0. The van der Waals surface area contributed by atoms with Crippen LogP contribution >= 0.6 is 15.9 Å². The first-order valence-electron chi connectivity index (χ1n) is 15.2. The molecular weight excluding hydrogens is 668 g/mol. The van der Waals surface area contributed by atoms with Crippen molar-refractivity contribution in [1.82, 2.24) is 15.0 Å². The fraction of sp³-hybridized carbons (Fsp3) is 0.500. The molecule has 1 spiro atoms. The van der Waals surface area contributed by atoms with Crippen molar-refractivity contribution in [2.24, 2.45) is 0 Å². The summed E-state index contributed by atoms with van der Waals surface area (Å²) < 4.78 is 59.2. The SMILES string of the molecule is C[C@@H]1N(c2cc(Br)cnc2OC2C[C@@H](C(=O)OC(C)(C)C)N(c3nc(C(F)F)nc4c3oc3ccccc34)C2)CCOC12COC2. The lowest BCUT2D eigenvalue weighted by molar-refractivity contribution is -0.228. The zero-order valence-corrected chi connectivity index (χ0v) is 27.4. The maximum Gasteiger partial charge on any atom is 0.329 e. The van der Waals surface area contributed by atoms with Crippen LogP contribution in [0.3, 0.4) is 0 Å². The van der Waals surface area contributed by atoms with Gasteiger partial charge in [0.2, 0.25) is 5.88 Å². The molecule has 0 radical (unpaired) electrons. The Morgan fingerprint density at radius 1 is 1.17 bits per heavy atom. The summed E-state index contributed by atoms with van der Waals surface area (Å²) in [7, 11) is 0. The summed E-state index contributed by atoms with van der Waals surface area (Å²) in [5.74, 6) is -0.727. The molecule has 0 bridgehead atoms. The van der Waals surface area contributed by atoms with E-state index in [1.165, 1.54) is 0 Å². The standard InChI is InChI=1S/C32H34BrF2N5O6/c1-17-32(15-42-16-32)43-10-9-39(17)21-11-18(33)13-36-29(21)44-19-12-22(30(41)46-31(2,3)4)40(14-19)28-25-24(37-27(38-28)26(34)35)20-7-5-6-8-23(20)45-25/h5-8,11,13,17,19,22,26H,9-10,12,14-16H2,1-4H3/t17-,19?,22-/m0/s1. The number of hydrogen-bond acceptors (Lipinski definition) is 11. The predicted molar refractivity (Wildman–Crippen MR) is 169 cm³/mol. The highest BCUT2D eigenvalue weighted by molar-refractivity contribution is 9.10. The quantitative estimate of drug-likeness (QED) is 0.226. The number of fused-ring (bicyclic) bond motifs is 3. The number of pyridine rings is 1. The molecule has 14 heteroatoms. The number of nitrogens with zero attached hydrogens (tertiary/aromatic N) is 5. The fourth-order valence-electron chi connectivity index (χ4n) is 6.37. The molecule has 46 heavy (non-hydrogen) atoms. The highest BCUT2D eigenvalue weighted by Gasteiger charge is 2.50. The van der Waals surface area contributed by atoms with E-state index in [0.717, 1.165) is 10.2 Å². The Balaban J connectivity index is 1.27. The van der Waals surface area contributed by atoms with Crippen LogP contribution in [0.25, 0.3) is 22.1 Å². The predicted octanol–water partition coefficient (Wildman–Crippen LogP) is 5.83. The Morgan fingerprint density at radius 3 is 2.67 bits per heavy atom. The van der Waals surface area contributed by atoms with Crippen molar-refractivity contribution in [1.29, 1.82) is 0 Å². The Labute approximate surface area is 272 Å². The second kappa shape index (κ2) is 11.6. The summed E-state index contributed by atoms with van der Waals surface area (Å²) in [6.45, 7) is 9.70. The van der Waals surface area contributed by atoms with Crippen molar-refractivity contribution in [3.63, 3.8) is 0 Å². The fourth-order valence-corrected chi connectivity index (χ4v) is 6.69. The van der Waals surface area contributed by atoms with Crippen molar-refractivity contribution in [2.75, 3.05) is 42.7 Å². The van der Waals surface area contributed by atoms with Gasteiger partial charge in [0.15, 0.2) is 17.2 Å². The number of hydrogen-bond donors (Lipinski definition) is 0. The summed E-state index contributed by atoms with van der Waals surface area (Å²) in [5, 5.41) is 0.571. The van der Waals surface area contributed by atoms with Crippen LogP contribution in [0.1, 0.15) is 46.4 Å². The van der Waals surface area contributed by atoms with Crippen LogP contribution in [0.15, 0.2) is 45.4 Å². The smallest absolute Gasteiger partial charge is 0.329 e. The van der Waals surface area contributed by atoms with Crippen LogP contribution in [-0.4, -0.2) is 83.2 Å². The zero-order valence-electron chi connectivity index (χ0n) is 25.8. The van der Waals surface area contributed by atoms with E-state index >= 15 is 0 Å². The van der Waals surface area contributed by atoms with Crippen LogP contribution in [0.2, 0.25) is 0 Å². The molecule has 11 nitrogen and oxygen atoms in total. The molecular formula is C32H34BrF2N5O6. The summed E-state index contributed by atoms with van der Waals surface area (Å²) in [6, 6.07) is 8.08. The lowest BCUT2D eigenvalue weighted by Gasteiger charge is -2.53. The summed E-state index contributed by atoms with van der Waals surface area (Å²) in [6.07, 6.45) is -1.67. The van der Waals surface area contributed by atoms with E-state index in [9.17, 15) is 13.6 Å². The average Bonchev–Trinajstić information content (AvgIpc) is 3.58. The van der Waals surface area contributed by atoms with Gasteiger partial charge < -0.3 is 33.2 Å². The third-order valence-electron chi connectivity index (χ3n) is 8.66. The van der Waals surface area contributed by atoms with Gasteiger partial charge in [0, 0.05) is 29.0 Å². The lowest BCUT2D eigenvalue weighted by Crippen LogP contribution is -2.68. The van der Waals surface area contributed by atoms with E-state index in [4.69, 9.17) is 23.4 Å². The number of alkyl halides is 2. The van der Waals surface area contributed by atoms with Crippen molar-refractivity contribution in [2.45, 2.75) is 69.9 Å². The highest BCUT2D eigenvalue weighted by Crippen LogP contribution is 2.42. The number of ether oxygens (including phenoxy) is 4. The number of carbonyl (C=O) groups is 1. The van der Waals surface area contributed by atoms with E-state index in [0.29, 0.717) is 43.2 Å². The Kier molecular flexibility index (Phi) is 7.80. The van der Waals surface area contributed by atoms with Crippen molar-refractivity contribution >= 4 is 55.5 Å². The maximum atomic E-state index is 14.2. The summed E-state index contributed by atoms with van der Waals surface area (Å²) in [5.41, 5.74) is 0.498. The van der Waals surface area contributed by atoms with Crippen LogP contribution in [-0.2, 0) is 19.0 Å². The first-order valence-corrected chi connectivity index (χ1v) is 16.0. The van der Waals surface area contributed by atoms with Gasteiger partial charge in [-0.1, -0.05) is 12.1 Å². The van der Waals surface area contributed by atoms with Crippen LogP contribution in [0.5, 0.6) is 5.88 Å². The molecule has 3 saturated heterocycles. The molecule has 1 unspecified atom stereocenters. The molecule has 244 valence electrons. The first-order chi connectivity index (χ1) is 21.9.